The van der Waals surface area contributed by atoms with Crippen LogP contribution in [0.3, 0.4) is 0 Å². The monoisotopic (exact) mass is 371 g/mol. The highest BCUT2D eigenvalue weighted by Gasteiger charge is 2.54. The number of carbonyl (C=O) groups excluding carboxylic acids is 2. The maximum absolute atomic E-state index is 12.9. The van der Waals surface area contributed by atoms with Gasteiger partial charge in [0.15, 0.2) is 0 Å². The predicted molar refractivity (Wildman–Crippen MR) is 101 cm³/mol. The lowest BCUT2D eigenvalue weighted by atomic mass is 9.49. The minimum Gasteiger partial charge on any atom is -0.481 e. The average Bonchev–Trinajstić information content (AvgIpc) is 2.65. The van der Waals surface area contributed by atoms with E-state index < -0.39 is 0 Å². The molecule has 0 spiro atoms. The lowest BCUT2D eigenvalue weighted by molar-refractivity contribution is -0.146. The first-order chi connectivity index (χ1) is 13.1. The van der Waals surface area contributed by atoms with Crippen LogP contribution in [0.5, 0.6) is 5.88 Å². The summed E-state index contributed by atoms with van der Waals surface area (Å²) in [5.74, 6) is 2.94. The van der Waals surface area contributed by atoms with Gasteiger partial charge < -0.3 is 15.4 Å². The maximum Gasteiger partial charge on any atom is 0.226 e. The van der Waals surface area contributed by atoms with Crippen molar-refractivity contribution in [3.05, 3.63) is 23.9 Å². The van der Waals surface area contributed by atoms with Gasteiger partial charge in [0, 0.05) is 37.2 Å². The number of nitrogens with zero attached hydrogens (tertiary/aromatic N) is 1. The molecule has 27 heavy (non-hydrogen) atoms. The summed E-state index contributed by atoms with van der Waals surface area (Å²) in [4.78, 5) is 29.0. The van der Waals surface area contributed by atoms with Gasteiger partial charge in [-0.1, -0.05) is 6.07 Å². The number of pyridine rings is 1. The van der Waals surface area contributed by atoms with Crippen LogP contribution in [0.25, 0.3) is 0 Å². The number of amides is 2. The van der Waals surface area contributed by atoms with Crippen LogP contribution in [0.2, 0.25) is 0 Å². The third kappa shape index (κ3) is 3.94. The van der Waals surface area contributed by atoms with Crippen LogP contribution < -0.4 is 15.4 Å². The lowest BCUT2D eigenvalue weighted by Gasteiger charge is -2.55. The summed E-state index contributed by atoms with van der Waals surface area (Å²) in [7, 11) is 1.57. The number of hydrogen-bond donors (Lipinski definition) is 2. The molecule has 4 bridgehead atoms. The zero-order valence-corrected chi connectivity index (χ0v) is 16.0. The molecular formula is C21H29N3O3. The Hall–Kier alpha value is -2.11. The van der Waals surface area contributed by atoms with E-state index >= 15 is 0 Å². The van der Waals surface area contributed by atoms with Gasteiger partial charge in [0.05, 0.1) is 7.11 Å². The van der Waals surface area contributed by atoms with Crippen molar-refractivity contribution in [3.63, 3.8) is 0 Å². The molecule has 2 N–H and O–H groups in total. The Morgan fingerprint density at radius 2 is 1.78 bits per heavy atom. The SMILES string of the molecule is COc1ccc(CNC(=O)CCNC(=O)C23CC4CC(CC(C4)C2)C3)cn1. The predicted octanol–water partition coefficient (Wildman–Crippen LogP) is 2.43. The van der Waals surface area contributed by atoms with Gasteiger partial charge >= 0.3 is 0 Å². The summed E-state index contributed by atoms with van der Waals surface area (Å²) in [6, 6.07) is 3.65. The van der Waals surface area contributed by atoms with E-state index in [1.807, 2.05) is 6.07 Å². The van der Waals surface area contributed by atoms with E-state index in [-0.39, 0.29) is 17.2 Å². The van der Waals surface area contributed by atoms with Crippen molar-refractivity contribution in [3.8, 4) is 5.88 Å². The highest BCUT2D eigenvalue weighted by Crippen LogP contribution is 2.60. The standard InChI is InChI=1S/C21H29N3O3/c1-27-19-3-2-14(13-24-19)12-23-18(25)4-5-22-20(26)21-9-15-6-16(10-21)8-17(7-15)11-21/h2-3,13,15-17H,4-12H2,1H3,(H,22,26)(H,23,25). The normalized spacial score (nSPS) is 30.8. The van der Waals surface area contributed by atoms with Gasteiger partial charge in [0.2, 0.25) is 17.7 Å². The molecule has 6 nitrogen and oxygen atoms in total. The number of methoxy groups -OCH3 is 1. The smallest absolute Gasteiger partial charge is 0.226 e. The molecule has 0 atom stereocenters. The summed E-state index contributed by atoms with van der Waals surface area (Å²) in [6.45, 7) is 0.839. The van der Waals surface area contributed by atoms with E-state index in [9.17, 15) is 9.59 Å². The fourth-order valence-electron chi connectivity index (χ4n) is 5.79. The Labute approximate surface area is 160 Å². The molecule has 4 saturated carbocycles. The van der Waals surface area contributed by atoms with Gasteiger partial charge in [-0.25, -0.2) is 4.98 Å². The van der Waals surface area contributed by atoms with Crippen molar-refractivity contribution in [2.45, 2.75) is 51.5 Å². The third-order valence-corrected chi connectivity index (χ3v) is 6.65. The molecule has 4 aliphatic rings. The molecular weight excluding hydrogens is 342 g/mol. The van der Waals surface area contributed by atoms with Gasteiger partial charge in [0.25, 0.3) is 0 Å². The van der Waals surface area contributed by atoms with Crippen LogP contribution in [-0.4, -0.2) is 30.5 Å². The first-order valence-corrected chi connectivity index (χ1v) is 10.1. The topological polar surface area (TPSA) is 80.3 Å². The number of rotatable bonds is 7. The van der Waals surface area contributed by atoms with Crippen molar-refractivity contribution in [2.24, 2.45) is 23.2 Å². The Bertz CT molecular complexity index is 666. The third-order valence-electron chi connectivity index (χ3n) is 6.65. The second-order valence-corrected chi connectivity index (χ2v) is 8.69. The first-order valence-electron chi connectivity index (χ1n) is 10.1. The molecule has 0 unspecified atom stereocenters. The molecule has 0 aromatic carbocycles. The van der Waals surface area contributed by atoms with Crippen molar-refractivity contribution in [1.82, 2.24) is 15.6 Å². The van der Waals surface area contributed by atoms with Crippen LogP contribution >= 0.6 is 0 Å². The minimum absolute atomic E-state index is 0.0587. The highest BCUT2D eigenvalue weighted by molar-refractivity contribution is 5.84. The van der Waals surface area contributed by atoms with Gasteiger partial charge in [-0.2, -0.15) is 0 Å². The second-order valence-electron chi connectivity index (χ2n) is 8.69. The van der Waals surface area contributed by atoms with Gasteiger partial charge in [0.1, 0.15) is 0 Å². The van der Waals surface area contributed by atoms with E-state index in [1.165, 1.54) is 19.3 Å². The number of carbonyl (C=O) groups is 2. The molecule has 4 fully saturated rings. The molecule has 0 aliphatic heterocycles. The van der Waals surface area contributed by atoms with Crippen LogP contribution in [0.1, 0.15) is 50.5 Å². The first kappa shape index (κ1) is 18.3. The molecule has 1 heterocycles. The molecule has 146 valence electrons. The molecule has 2 amide bonds. The second kappa shape index (κ2) is 7.49. The maximum atomic E-state index is 12.9. The quantitative estimate of drug-likeness (QED) is 0.771. The Morgan fingerprint density at radius 3 is 2.33 bits per heavy atom. The summed E-state index contributed by atoms with van der Waals surface area (Å²) >= 11 is 0. The van der Waals surface area contributed by atoms with Crippen LogP contribution in [0, 0.1) is 23.2 Å². The van der Waals surface area contributed by atoms with Crippen LogP contribution in [-0.2, 0) is 16.1 Å². The van der Waals surface area contributed by atoms with E-state index in [4.69, 9.17) is 4.74 Å². The van der Waals surface area contributed by atoms with Crippen molar-refractivity contribution < 1.29 is 14.3 Å². The molecule has 5 rings (SSSR count). The van der Waals surface area contributed by atoms with Crippen molar-refractivity contribution >= 4 is 11.8 Å². The fraction of sp³-hybridized carbons (Fsp3) is 0.667. The zero-order chi connectivity index (χ0) is 18.9. The van der Waals surface area contributed by atoms with Gasteiger partial charge in [-0.3, -0.25) is 9.59 Å². The van der Waals surface area contributed by atoms with E-state index in [0.717, 1.165) is 42.6 Å². The average molecular weight is 371 g/mol. The molecule has 0 radical (unpaired) electrons. The zero-order valence-electron chi connectivity index (χ0n) is 16.0. The lowest BCUT2D eigenvalue weighted by Crippen LogP contribution is -2.53. The minimum atomic E-state index is -0.139. The largest absolute Gasteiger partial charge is 0.481 e. The van der Waals surface area contributed by atoms with E-state index in [1.54, 1.807) is 19.4 Å². The molecule has 1 aromatic rings. The highest BCUT2D eigenvalue weighted by atomic mass is 16.5. The summed E-state index contributed by atoms with van der Waals surface area (Å²) < 4.78 is 5.02. The summed E-state index contributed by atoms with van der Waals surface area (Å²) in [6.07, 6.45) is 9.15. The van der Waals surface area contributed by atoms with Crippen LogP contribution in [0.15, 0.2) is 18.3 Å². The molecule has 4 aliphatic carbocycles. The number of hydrogen-bond acceptors (Lipinski definition) is 4. The molecule has 6 heteroatoms. The van der Waals surface area contributed by atoms with E-state index in [2.05, 4.69) is 15.6 Å². The van der Waals surface area contributed by atoms with Crippen LogP contribution in [0.4, 0.5) is 0 Å². The summed E-state index contributed by atoms with van der Waals surface area (Å²) in [5.41, 5.74) is 0.779. The summed E-state index contributed by atoms with van der Waals surface area (Å²) in [5, 5.41) is 5.93. The van der Waals surface area contributed by atoms with Crippen molar-refractivity contribution in [2.75, 3.05) is 13.7 Å². The van der Waals surface area contributed by atoms with Gasteiger partial charge in [-0.15, -0.1) is 0 Å². The van der Waals surface area contributed by atoms with Crippen molar-refractivity contribution in [1.29, 1.82) is 0 Å². The Balaban J connectivity index is 1.20. The molecule has 1 aromatic heterocycles. The fourth-order valence-corrected chi connectivity index (χ4v) is 5.79. The van der Waals surface area contributed by atoms with E-state index in [0.29, 0.717) is 25.4 Å². The number of ether oxygens (including phenoxy) is 1. The Morgan fingerprint density at radius 1 is 1.11 bits per heavy atom. The van der Waals surface area contributed by atoms with Gasteiger partial charge in [-0.05, 0) is 61.8 Å². The Kier molecular flexibility index (Phi) is 5.06. The number of aromatic nitrogens is 1. The molecule has 0 saturated heterocycles. The number of nitrogens with one attached hydrogen (secondary N) is 2.